The number of ketones is 1. The van der Waals surface area contributed by atoms with E-state index in [1.54, 1.807) is 0 Å². The van der Waals surface area contributed by atoms with Crippen molar-refractivity contribution in [1.82, 2.24) is 0 Å². The molecule has 0 amide bonds. The first-order valence-corrected chi connectivity index (χ1v) is 7.96. The lowest BCUT2D eigenvalue weighted by Gasteiger charge is -2.35. The molecule has 0 radical (unpaired) electrons. The number of aliphatic hydroxyl groups is 1. The van der Waals surface area contributed by atoms with E-state index in [1.807, 2.05) is 0 Å². The highest BCUT2D eigenvalue weighted by Crippen LogP contribution is 2.38. The molecule has 18 heavy (non-hydrogen) atoms. The molecule has 2 nitrogen and oxygen atoms in total. The smallest absolute Gasteiger partial charge is 0.139 e. The zero-order valence-corrected chi connectivity index (χ0v) is 12.2. The molecule has 3 atom stereocenters. The molecule has 3 unspecified atom stereocenters. The van der Waals surface area contributed by atoms with Gasteiger partial charge in [-0.2, -0.15) is 0 Å². The van der Waals surface area contributed by atoms with Crippen molar-refractivity contribution in [3.05, 3.63) is 0 Å². The first-order valence-electron chi connectivity index (χ1n) is 7.04. The summed E-state index contributed by atoms with van der Waals surface area (Å²) in [5.41, 5.74) is 0. The maximum atomic E-state index is 13.1. The lowest BCUT2D eigenvalue weighted by Crippen LogP contribution is -2.37. The third-order valence-corrected chi connectivity index (χ3v) is 5.41. The van der Waals surface area contributed by atoms with E-state index < -0.39 is 6.17 Å². The zero-order valence-electron chi connectivity index (χ0n) is 10.7. The van der Waals surface area contributed by atoms with Gasteiger partial charge in [0, 0.05) is 23.3 Å². The van der Waals surface area contributed by atoms with Crippen molar-refractivity contribution in [2.75, 3.05) is 6.61 Å². The van der Waals surface area contributed by atoms with Gasteiger partial charge < -0.3 is 5.11 Å². The van der Waals surface area contributed by atoms with Gasteiger partial charge >= 0.3 is 0 Å². The van der Waals surface area contributed by atoms with E-state index >= 15 is 0 Å². The highest BCUT2D eigenvalue weighted by atomic mass is 79.9. The predicted octanol–water partition coefficient (Wildman–Crippen LogP) is 3.26. The molecular formula is C14H22BrFO2. The Morgan fingerprint density at radius 2 is 1.83 bits per heavy atom. The molecule has 4 heteroatoms. The summed E-state index contributed by atoms with van der Waals surface area (Å²) in [5.74, 6) is 0.437. The minimum absolute atomic E-state index is 0.00459. The van der Waals surface area contributed by atoms with Crippen LogP contribution in [0.4, 0.5) is 4.39 Å². The van der Waals surface area contributed by atoms with Crippen molar-refractivity contribution < 1.29 is 14.3 Å². The van der Waals surface area contributed by atoms with Crippen LogP contribution in [0.3, 0.4) is 0 Å². The van der Waals surface area contributed by atoms with Crippen LogP contribution in [0.1, 0.15) is 44.9 Å². The largest absolute Gasteiger partial charge is 0.396 e. The molecule has 104 valence electrons. The van der Waals surface area contributed by atoms with Gasteiger partial charge in [0.25, 0.3) is 0 Å². The Morgan fingerprint density at radius 3 is 2.44 bits per heavy atom. The summed E-state index contributed by atoms with van der Waals surface area (Å²) in [6, 6.07) is 0. The van der Waals surface area contributed by atoms with Gasteiger partial charge in [-0.05, 0) is 50.9 Å². The van der Waals surface area contributed by atoms with Gasteiger partial charge in [-0.25, -0.2) is 4.39 Å². The molecule has 0 heterocycles. The topological polar surface area (TPSA) is 37.3 Å². The van der Waals surface area contributed by atoms with Crippen LogP contribution < -0.4 is 0 Å². The summed E-state index contributed by atoms with van der Waals surface area (Å²) in [7, 11) is 0. The first kappa shape index (κ1) is 14.4. The monoisotopic (exact) mass is 320 g/mol. The second-order valence-corrected chi connectivity index (χ2v) is 7.11. The Labute approximate surface area is 116 Å². The van der Waals surface area contributed by atoms with Crippen molar-refractivity contribution in [3.63, 3.8) is 0 Å². The van der Waals surface area contributed by atoms with Crippen molar-refractivity contribution in [2.45, 2.75) is 55.9 Å². The molecule has 0 aromatic heterocycles. The average molecular weight is 321 g/mol. The summed E-state index contributed by atoms with van der Waals surface area (Å²) in [6.07, 6.45) is 4.52. The standard InChI is InChI=1S/C14H22BrFO2/c15-11-3-6-13(10(7-11)8-17)14(18)9-1-4-12(16)5-2-9/h9-13,17H,1-8H2. The normalized spacial score (nSPS) is 41.6. The Morgan fingerprint density at radius 1 is 1.17 bits per heavy atom. The molecule has 0 aromatic carbocycles. The van der Waals surface area contributed by atoms with E-state index in [-0.39, 0.29) is 24.4 Å². The van der Waals surface area contributed by atoms with Crippen molar-refractivity contribution >= 4 is 21.7 Å². The first-order chi connectivity index (χ1) is 8.61. The number of aliphatic hydroxyl groups excluding tert-OH is 1. The SMILES string of the molecule is O=C(C1CCC(F)CC1)C1CCC(Br)CC1CO. The number of alkyl halides is 2. The zero-order chi connectivity index (χ0) is 13.1. The molecule has 2 aliphatic carbocycles. The fraction of sp³-hybridized carbons (Fsp3) is 0.929. The van der Waals surface area contributed by atoms with E-state index in [1.165, 1.54) is 0 Å². The molecule has 0 bridgehead atoms. The highest BCUT2D eigenvalue weighted by Gasteiger charge is 2.37. The van der Waals surface area contributed by atoms with Gasteiger partial charge in [-0.3, -0.25) is 4.79 Å². The second kappa shape index (κ2) is 6.47. The molecule has 2 aliphatic rings. The fourth-order valence-corrected chi connectivity index (χ4v) is 4.17. The van der Waals surface area contributed by atoms with Crippen LogP contribution in [0.25, 0.3) is 0 Å². The summed E-state index contributed by atoms with van der Waals surface area (Å²) >= 11 is 3.58. The van der Waals surface area contributed by atoms with E-state index in [4.69, 9.17) is 0 Å². The summed E-state index contributed by atoms with van der Waals surface area (Å²) < 4.78 is 13.1. The molecule has 0 aliphatic heterocycles. The van der Waals surface area contributed by atoms with Crippen LogP contribution in [0.2, 0.25) is 0 Å². The minimum atomic E-state index is -0.707. The van der Waals surface area contributed by atoms with Gasteiger partial charge in [-0.1, -0.05) is 15.9 Å². The number of hydrogen-bond donors (Lipinski definition) is 1. The van der Waals surface area contributed by atoms with Crippen LogP contribution in [-0.4, -0.2) is 28.5 Å². The van der Waals surface area contributed by atoms with Crippen molar-refractivity contribution in [2.24, 2.45) is 17.8 Å². The molecule has 0 aromatic rings. The summed E-state index contributed by atoms with van der Waals surface area (Å²) in [4.78, 5) is 12.9. The van der Waals surface area contributed by atoms with Crippen molar-refractivity contribution in [3.8, 4) is 0 Å². The average Bonchev–Trinajstić information content (AvgIpc) is 2.38. The van der Waals surface area contributed by atoms with Crippen LogP contribution >= 0.6 is 15.9 Å². The third kappa shape index (κ3) is 3.32. The van der Waals surface area contributed by atoms with Gasteiger partial charge in [0.1, 0.15) is 12.0 Å². The highest BCUT2D eigenvalue weighted by molar-refractivity contribution is 9.09. The molecule has 2 fully saturated rings. The van der Waals surface area contributed by atoms with Gasteiger partial charge in [0.05, 0.1) is 0 Å². The van der Waals surface area contributed by atoms with Gasteiger partial charge in [0.2, 0.25) is 0 Å². The lowest BCUT2D eigenvalue weighted by atomic mass is 9.71. The fourth-order valence-electron chi connectivity index (χ4n) is 3.42. The summed E-state index contributed by atoms with van der Waals surface area (Å²) in [6.45, 7) is 0.0942. The predicted molar refractivity (Wildman–Crippen MR) is 72.5 cm³/mol. The second-order valence-electron chi connectivity index (χ2n) is 5.81. The minimum Gasteiger partial charge on any atom is -0.396 e. The van der Waals surface area contributed by atoms with Crippen LogP contribution in [0.15, 0.2) is 0 Å². The number of Topliss-reactive ketones (excluding diaryl/α,β-unsaturated/α-hetero) is 1. The Balaban J connectivity index is 1.95. The number of carbonyl (C=O) groups is 1. The molecule has 2 rings (SSSR count). The number of carbonyl (C=O) groups excluding carboxylic acids is 1. The van der Waals surface area contributed by atoms with Crippen LogP contribution in [-0.2, 0) is 4.79 Å². The molecule has 2 saturated carbocycles. The molecule has 1 N–H and O–H groups in total. The number of rotatable bonds is 3. The van der Waals surface area contributed by atoms with Gasteiger partial charge in [0.15, 0.2) is 0 Å². The Bertz CT molecular complexity index is 290. The number of halogens is 2. The van der Waals surface area contributed by atoms with E-state index in [0.717, 1.165) is 19.3 Å². The third-order valence-electron chi connectivity index (χ3n) is 4.58. The van der Waals surface area contributed by atoms with E-state index in [9.17, 15) is 14.3 Å². The van der Waals surface area contributed by atoms with Crippen molar-refractivity contribution in [1.29, 1.82) is 0 Å². The number of hydrogen-bond acceptors (Lipinski definition) is 2. The lowest BCUT2D eigenvalue weighted by molar-refractivity contribution is -0.131. The Hall–Kier alpha value is 0.0400. The maximum absolute atomic E-state index is 13.1. The van der Waals surface area contributed by atoms with E-state index in [0.29, 0.717) is 36.3 Å². The maximum Gasteiger partial charge on any atom is 0.139 e. The van der Waals surface area contributed by atoms with Gasteiger partial charge in [-0.15, -0.1) is 0 Å². The molecular weight excluding hydrogens is 299 g/mol. The Kier molecular flexibility index (Phi) is 5.19. The molecule has 0 spiro atoms. The van der Waals surface area contributed by atoms with E-state index in [2.05, 4.69) is 15.9 Å². The summed E-state index contributed by atoms with van der Waals surface area (Å²) in [5, 5.41) is 9.44. The van der Waals surface area contributed by atoms with Crippen LogP contribution in [0.5, 0.6) is 0 Å². The molecule has 0 saturated heterocycles. The quantitative estimate of drug-likeness (QED) is 0.810. The van der Waals surface area contributed by atoms with Crippen LogP contribution in [0, 0.1) is 17.8 Å².